The van der Waals surface area contributed by atoms with Gasteiger partial charge in [-0.2, -0.15) is 18.3 Å². The Bertz CT molecular complexity index is 1510. The fourth-order valence-corrected chi connectivity index (χ4v) is 4.61. The van der Waals surface area contributed by atoms with Gasteiger partial charge in [-0.15, -0.1) is 0 Å². The molecular weight excluding hydrogens is 489 g/mol. The summed E-state index contributed by atoms with van der Waals surface area (Å²) in [7, 11) is 1.45. The maximum atomic E-state index is 13.1. The molecule has 0 fully saturated rings. The number of fused-ring (bicyclic) bond motifs is 2. The number of aryl methyl sites for hydroxylation is 1. The molecule has 190 valence electrons. The third kappa shape index (κ3) is 4.39. The molecule has 37 heavy (non-hydrogen) atoms. The Morgan fingerprint density at radius 1 is 1.19 bits per heavy atom. The summed E-state index contributed by atoms with van der Waals surface area (Å²) >= 11 is 0. The molecule has 2 aliphatic rings. The first-order valence-corrected chi connectivity index (χ1v) is 11.6. The molecule has 0 bridgehead atoms. The molecule has 1 aromatic carbocycles. The van der Waals surface area contributed by atoms with Gasteiger partial charge < -0.3 is 19.8 Å². The van der Waals surface area contributed by atoms with Crippen molar-refractivity contribution in [3.05, 3.63) is 65.4 Å². The third-order valence-corrected chi connectivity index (χ3v) is 6.46. The van der Waals surface area contributed by atoms with E-state index in [0.29, 0.717) is 54.7 Å². The minimum atomic E-state index is -4.53. The van der Waals surface area contributed by atoms with Gasteiger partial charge in [0.2, 0.25) is 5.91 Å². The topological polar surface area (TPSA) is 107 Å². The molecule has 4 aromatic rings. The molecule has 1 amide bonds. The number of H-pyrrole nitrogens is 1. The van der Waals surface area contributed by atoms with Crippen LogP contribution in [0.15, 0.2) is 42.7 Å². The molecule has 12 heteroatoms. The summed E-state index contributed by atoms with van der Waals surface area (Å²) in [5.41, 5.74) is 1.44. The minimum Gasteiger partial charge on any atom is -0.493 e. The quantitative estimate of drug-likeness (QED) is 0.415. The van der Waals surface area contributed by atoms with E-state index in [2.05, 4.69) is 25.4 Å². The van der Waals surface area contributed by atoms with Crippen LogP contribution in [0.3, 0.4) is 0 Å². The van der Waals surface area contributed by atoms with E-state index in [1.807, 2.05) is 18.2 Å². The highest BCUT2D eigenvalue weighted by molar-refractivity contribution is 5.93. The van der Waals surface area contributed by atoms with Gasteiger partial charge >= 0.3 is 6.18 Å². The number of hydrogen-bond donors (Lipinski definition) is 2. The Morgan fingerprint density at radius 2 is 2.05 bits per heavy atom. The summed E-state index contributed by atoms with van der Waals surface area (Å²) in [6.45, 7) is 0.372. The second-order valence-electron chi connectivity index (χ2n) is 8.98. The summed E-state index contributed by atoms with van der Waals surface area (Å²) in [6.07, 6.45) is 0.153. The summed E-state index contributed by atoms with van der Waals surface area (Å²) in [5.74, 6) is 2.91. The molecule has 2 aliphatic heterocycles. The van der Waals surface area contributed by atoms with Crippen LogP contribution in [-0.4, -0.2) is 37.2 Å². The minimum absolute atomic E-state index is 0.0700. The molecule has 0 radical (unpaired) electrons. The molecule has 0 saturated carbocycles. The van der Waals surface area contributed by atoms with Gasteiger partial charge in [-0.25, -0.2) is 9.97 Å². The molecule has 0 spiro atoms. The van der Waals surface area contributed by atoms with Crippen LogP contribution in [0.4, 0.5) is 19.0 Å². The predicted molar refractivity (Wildman–Crippen MR) is 125 cm³/mol. The molecule has 0 aliphatic carbocycles. The first kappa shape index (κ1) is 23.1. The smallest absolute Gasteiger partial charge is 0.435 e. The van der Waals surface area contributed by atoms with Gasteiger partial charge in [0.05, 0.1) is 18.2 Å². The van der Waals surface area contributed by atoms with E-state index in [1.165, 1.54) is 11.7 Å². The lowest BCUT2D eigenvalue weighted by Gasteiger charge is -2.25. The van der Waals surface area contributed by atoms with Crippen molar-refractivity contribution in [3.8, 4) is 28.6 Å². The van der Waals surface area contributed by atoms with E-state index in [0.717, 1.165) is 22.9 Å². The first-order valence-electron chi connectivity index (χ1n) is 11.6. The number of aromatic nitrogens is 5. The number of ether oxygens (including phenoxy) is 2. The highest BCUT2D eigenvalue weighted by atomic mass is 19.4. The van der Waals surface area contributed by atoms with Gasteiger partial charge in [-0.1, -0.05) is 0 Å². The lowest BCUT2D eigenvalue weighted by Crippen LogP contribution is -2.20. The molecule has 9 nitrogen and oxygen atoms in total. The Labute approximate surface area is 208 Å². The van der Waals surface area contributed by atoms with Crippen LogP contribution in [0.1, 0.15) is 35.0 Å². The number of hydrogen-bond acceptors (Lipinski definition) is 6. The SMILES string of the molecule is Cn1nc(C(F)(F)F)cc1-c1c[nH]c([C@H]2COc3ccc(Oc4ccnc5c4CCC(=O)N5)cc3C2)n1. The van der Waals surface area contributed by atoms with Crippen molar-refractivity contribution in [2.45, 2.75) is 31.4 Å². The highest BCUT2D eigenvalue weighted by Gasteiger charge is 2.35. The van der Waals surface area contributed by atoms with Crippen LogP contribution >= 0.6 is 0 Å². The number of anilines is 1. The number of rotatable bonds is 4. The lowest BCUT2D eigenvalue weighted by molar-refractivity contribution is -0.141. The van der Waals surface area contributed by atoms with E-state index in [-0.39, 0.29) is 17.5 Å². The second-order valence-corrected chi connectivity index (χ2v) is 8.98. The zero-order valence-electron chi connectivity index (χ0n) is 19.6. The van der Waals surface area contributed by atoms with Crippen LogP contribution in [0.5, 0.6) is 17.2 Å². The van der Waals surface area contributed by atoms with E-state index in [4.69, 9.17) is 9.47 Å². The predicted octanol–water partition coefficient (Wildman–Crippen LogP) is 4.62. The average molecular weight is 510 g/mol. The average Bonchev–Trinajstić information content (AvgIpc) is 3.50. The van der Waals surface area contributed by atoms with E-state index in [1.54, 1.807) is 18.5 Å². The van der Waals surface area contributed by atoms with Crippen LogP contribution in [0.25, 0.3) is 11.4 Å². The maximum Gasteiger partial charge on any atom is 0.435 e. The Balaban J connectivity index is 1.22. The molecule has 3 aromatic heterocycles. The fourth-order valence-electron chi connectivity index (χ4n) is 4.61. The lowest BCUT2D eigenvalue weighted by atomic mass is 9.96. The number of alkyl halides is 3. The molecule has 2 N–H and O–H groups in total. The number of carbonyl (C=O) groups is 1. The van der Waals surface area contributed by atoms with Crippen molar-refractivity contribution < 1.29 is 27.4 Å². The van der Waals surface area contributed by atoms with Gasteiger partial charge in [0, 0.05) is 31.4 Å². The van der Waals surface area contributed by atoms with Crippen molar-refractivity contribution in [2.24, 2.45) is 7.05 Å². The maximum absolute atomic E-state index is 13.1. The van der Waals surface area contributed by atoms with Crippen molar-refractivity contribution >= 4 is 11.7 Å². The Kier molecular flexibility index (Phi) is 5.39. The number of carbonyl (C=O) groups excluding carboxylic acids is 1. The van der Waals surface area contributed by atoms with Crippen LogP contribution in [-0.2, 0) is 30.9 Å². The molecule has 0 unspecified atom stereocenters. The summed E-state index contributed by atoms with van der Waals surface area (Å²) in [6, 6.07) is 8.31. The molecule has 5 heterocycles. The number of halogens is 3. The summed E-state index contributed by atoms with van der Waals surface area (Å²) in [4.78, 5) is 23.5. The van der Waals surface area contributed by atoms with Gasteiger partial charge in [0.15, 0.2) is 5.69 Å². The Morgan fingerprint density at radius 3 is 2.86 bits per heavy atom. The summed E-state index contributed by atoms with van der Waals surface area (Å²) < 4.78 is 52.4. The first-order chi connectivity index (χ1) is 17.7. The van der Waals surface area contributed by atoms with E-state index < -0.39 is 11.9 Å². The van der Waals surface area contributed by atoms with Crippen molar-refractivity contribution in [2.75, 3.05) is 11.9 Å². The normalized spacial score (nSPS) is 17.0. The molecular formula is C25H21F3N6O3. The zero-order valence-corrected chi connectivity index (χ0v) is 19.6. The number of benzene rings is 1. The number of nitrogens with zero attached hydrogens (tertiary/aromatic N) is 4. The van der Waals surface area contributed by atoms with Crippen molar-refractivity contribution in [3.63, 3.8) is 0 Å². The fraction of sp³-hybridized carbons (Fsp3) is 0.280. The van der Waals surface area contributed by atoms with E-state index in [9.17, 15) is 18.0 Å². The van der Waals surface area contributed by atoms with Gasteiger partial charge in [0.25, 0.3) is 0 Å². The van der Waals surface area contributed by atoms with Gasteiger partial charge in [0.1, 0.15) is 34.6 Å². The number of aromatic amines is 1. The van der Waals surface area contributed by atoms with Crippen LogP contribution < -0.4 is 14.8 Å². The molecule has 1 atom stereocenters. The second kappa shape index (κ2) is 8.64. The number of amides is 1. The number of nitrogens with one attached hydrogen (secondary N) is 2. The largest absolute Gasteiger partial charge is 0.493 e. The summed E-state index contributed by atoms with van der Waals surface area (Å²) in [5, 5.41) is 6.32. The standard InChI is InChI=1S/C25H21F3N6O3/c1-34-18(10-21(33-34)25(26,27)28)17-11-30-23(31-17)14-8-13-9-15(2-4-19(13)36-12-14)37-20-6-7-29-24-16(20)3-5-22(35)32-24/h2,4,6-7,9-11,14H,3,5,8,12H2,1H3,(H,30,31)(H,29,32,35)/t14-/m1/s1. The number of imidazole rings is 1. The number of pyridine rings is 1. The van der Waals surface area contributed by atoms with Crippen LogP contribution in [0.2, 0.25) is 0 Å². The highest BCUT2D eigenvalue weighted by Crippen LogP contribution is 2.38. The van der Waals surface area contributed by atoms with Crippen molar-refractivity contribution in [1.29, 1.82) is 0 Å². The monoisotopic (exact) mass is 510 g/mol. The van der Waals surface area contributed by atoms with Crippen LogP contribution in [0, 0.1) is 0 Å². The third-order valence-electron chi connectivity index (χ3n) is 6.46. The van der Waals surface area contributed by atoms with Gasteiger partial charge in [-0.05, 0) is 48.7 Å². The molecule has 6 rings (SSSR count). The van der Waals surface area contributed by atoms with E-state index >= 15 is 0 Å². The zero-order chi connectivity index (χ0) is 25.7. The Hall–Kier alpha value is -4.35. The molecule has 0 saturated heterocycles. The van der Waals surface area contributed by atoms with Crippen molar-refractivity contribution in [1.82, 2.24) is 24.7 Å². The van der Waals surface area contributed by atoms with Gasteiger partial charge in [-0.3, -0.25) is 9.48 Å².